The van der Waals surface area contributed by atoms with Crippen molar-refractivity contribution in [3.05, 3.63) is 269 Å². The Bertz CT molecular complexity index is 5660. The smallest absolute Gasteiger partial charge is 0.278 e. The van der Waals surface area contributed by atoms with E-state index in [1.807, 2.05) is 60.7 Å². The summed E-state index contributed by atoms with van der Waals surface area (Å²) in [4.78, 5) is 33.8. The van der Waals surface area contributed by atoms with Gasteiger partial charge in [0.2, 0.25) is 5.91 Å². The predicted molar refractivity (Wildman–Crippen MR) is 430 cm³/mol. The van der Waals surface area contributed by atoms with Gasteiger partial charge in [-0.2, -0.15) is 20.4 Å². The topological polar surface area (TPSA) is 330 Å². The van der Waals surface area contributed by atoms with Crippen LogP contribution in [-0.2, 0) is 56.2 Å². The molecule has 8 aromatic carbocycles. The van der Waals surface area contributed by atoms with Crippen molar-refractivity contribution in [3.63, 3.8) is 0 Å². The molecule has 0 fully saturated rings. The van der Waals surface area contributed by atoms with E-state index in [4.69, 9.17) is 43.6 Å². The first-order valence-electron chi connectivity index (χ1n) is 37.7. The Morgan fingerprint density at radius 1 is 0.424 bits per heavy atom. The van der Waals surface area contributed by atoms with E-state index in [1.54, 1.807) is 56.7 Å². The van der Waals surface area contributed by atoms with Crippen molar-refractivity contribution in [2.24, 2.45) is 0 Å². The lowest BCUT2D eigenvalue weighted by atomic mass is 9.81. The lowest BCUT2D eigenvalue weighted by Gasteiger charge is -2.25. The summed E-state index contributed by atoms with van der Waals surface area (Å²) in [6, 6.07) is 37.6. The number of nitro groups is 2. The van der Waals surface area contributed by atoms with E-state index in [1.165, 1.54) is 79.1 Å². The second-order valence-electron chi connectivity index (χ2n) is 28.4. The number of fused-ring (bicyclic) bond motifs is 4. The molecule has 4 unspecified atom stereocenters. The van der Waals surface area contributed by atoms with E-state index in [0.717, 1.165) is 92.5 Å². The molecule has 1 amide bonds. The van der Waals surface area contributed by atoms with Crippen molar-refractivity contribution in [3.8, 4) is 91.0 Å². The van der Waals surface area contributed by atoms with E-state index < -0.39 is 51.7 Å². The summed E-state index contributed by atoms with van der Waals surface area (Å²) >= 11 is 0. The summed E-state index contributed by atoms with van der Waals surface area (Å²) in [5.74, 6) is -4.30. The SMILES string of the molecule is C=CC(=O)Nc1ccccc1-c1n[nH]c2c1CCC(c1c(F)c(OC)cc(OC)c1F)C2.COc1cc(OC)c(F)c(C2CCc3c(-c4ccccc4N)n[nH]c3C2)c1F.COc1cc(OC)c(F)c(C2CCc3c(-c4ccccc4[N+](=O)[O-])n[nH]c3C2)c1F.COc1cc(OC)cc(C2CCc3c(-c4ccccc4[N+](=O)[O-])n[nH]c3C2)c1. The molecule has 0 spiro atoms. The van der Waals surface area contributed by atoms with Crippen LogP contribution in [0.25, 0.3) is 45.0 Å². The molecular formula is C87H84F6N12O13. The molecule has 4 aliphatic rings. The number of ether oxygens (including phenoxy) is 8. The minimum absolute atomic E-state index is 0.00257. The number of methoxy groups -OCH3 is 8. The Labute approximate surface area is 673 Å². The molecule has 16 rings (SSSR count). The number of hydrogen-bond donors (Lipinski definition) is 6. The molecule has 0 saturated heterocycles. The highest BCUT2D eigenvalue weighted by molar-refractivity contribution is 6.01. The number of rotatable bonds is 20. The molecule has 118 heavy (non-hydrogen) atoms. The third-order valence-electron chi connectivity index (χ3n) is 22.0. The van der Waals surface area contributed by atoms with E-state index in [2.05, 4.69) is 52.7 Å². The van der Waals surface area contributed by atoms with E-state index >= 15 is 0 Å². The number of nitrogens with zero attached hydrogens (tertiary/aromatic N) is 6. The van der Waals surface area contributed by atoms with Gasteiger partial charge >= 0.3 is 0 Å². The zero-order chi connectivity index (χ0) is 83.8. The van der Waals surface area contributed by atoms with Gasteiger partial charge in [0.05, 0.1) is 94.9 Å². The number of anilines is 2. The summed E-state index contributed by atoms with van der Waals surface area (Å²) in [5.41, 5.74) is 21.0. The Morgan fingerprint density at radius 2 is 0.720 bits per heavy atom. The van der Waals surface area contributed by atoms with Crippen LogP contribution in [0.15, 0.2) is 146 Å². The number of carbonyl (C=O) groups is 1. The molecule has 0 bridgehead atoms. The van der Waals surface area contributed by atoms with Gasteiger partial charge in [-0.25, -0.2) is 26.3 Å². The fourth-order valence-corrected chi connectivity index (χ4v) is 16.2. The van der Waals surface area contributed by atoms with Crippen LogP contribution in [0.3, 0.4) is 0 Å². The first-order valence-corrected chi connectivity index (χ1v) is 37.7. The first-order chi connectivity index (χ1) is 57.1. The first kappa shape index (κ1) is 82.4. The average molecular weight is 1620 g/mol. The average Bonchev–Trinajstić information content (AvgIpc) is 1.50. The summed E-state index contributed by atoms with van der Waals surface area (Å²) in [7, 11) is 11.3. The largest absolute Gasteiger partial charge is 0.497 e. The molecule has 0 aliphatic heterocycles. The van der Waals surface area contributed by atoms with Crippen molar-refractivity contribution in [2.45, 2.75) is 101 Å². The number of aromatic nitrogens is 8. The van der Waals surface area contributed by atoms with Crippen LogP contribution in [-0.4, -0.2) is 113 Å². The van der Waals surface area contributed by atoms with Crippen LogP contribution in [0.4, 0.5) is 49.1 Å². The highest BCUT2D eigenvalue weighted by Crippen LogP contribution is 2.49. The summed E-state index contributed by atoms with van der Waals surface area (Å²) < 4.78 is 131. The quantitative estimate of drug-likeness (QED) is 0.0136. The number of nitro benzene ring substituents is 2. The summed E-state index contributed by atoms with van der Waals surface area (Å²) in [6.45, 7) is 3.48. The van der Waals surface area contributed by atoms with Gasteiger partial charge in [-0.1, -0.05) is 67.2 Å². The number of carbonyl (C=O) groups excluding carboxylic acids is 1. The number of H-pyrrole nitrogens is 4. The van der Waals surface area contributed by atoms with Gasteiger partial charge in [-0.3, -0.25) is 45.4 Å². The molecule has 12 aromatic rings. The van der Waals surface area contributed by atoms with Crippen LogP contribution >= 0.6 is 0 Å². The van der Waals surface area contributed by atoms with Crippen molar-refractivity contribution >= 4 is 28.7 Å². The second kappa shape index (κ2) is 36.1. The van der Waals surface area contributed by atoms with Crippen molar-refractivity contribution < 1.29 is 78.9 Å². The molecule has 4 aromatic heterocycles. The highest BCUT2D eigenvalue weighted by atomic mass is 19.2. The monoisotopic (exact) mass is 1620 g/mol. The van der Waals surface area contributed by atoms with Gasteiger partial charge in [-0.05, 0) is 149 Å². The molecule has 612 valence electrons. The summed E-state index contributed by atoms with van der Waals surface area (Å²) in [6.07, 6.45) is 8.08. The number of nitrogens with one attached hydrogen (secondary N) is 5. The zero-order valence-electron chi connectivity index (χ0n) is 65.6. The number of aromatic amines is 4. The fourth-order valence-electron chi connectivity index (χ4n) is 16.2. The molecular weight excluding hydrogens is 1540 g/mol. The minimum atomic E-state index is -0.748. The lowest BCUT2D eigenvalue weighted by Crippen LogP contribution is -2.16. The number of hydrogen-bond acceptors (Lipinski definition) is 18. The number of halogens is 6. The normalized spacial score (nSPS) is 15.5. The molecule has 31 heteroatoms. The predicted octanol–water partition coefficient (Wildman–Crippen LogP) is 17.8. The van der Waals surface area contributed by atoms with Gasteiger partial charge in [0.25, 0.3) is 11.4 Å². The summed E-state index contributed by atoms with van der Waals surface area (Å²) in [5, 5.41) is 55.2. The number of benzene rings is 8. The minimum Gasteiger partial charge on any atom is -0.497 e. The maximum atomic E-state index is 15.0. The molecule has 0 radical (unpaired) electrons. The standard InChI is InChI=1S/C24H23F2N3O3.C21H19F2N3O4.C21H21F2N3O2.C21H21N3O4/c1-4-20(30)27-16-8-6-5-7-14(16)24-15-10-9-13(11-17(15)28-29-24)21-22(25)18(31-2)12-19(32-3)23(21)26;1-29-16-10-17(30-2)20(23)18(19(16)22)11-7-8-12-14(9-11)24-25-21(12)13-5-3-4-6-15(13)26(27)28;1-27-16-10-17(28-2)20(23)18(19(16)22)11-7-8-13-15(9-11)25-26-21(13)12-5-3-4-6-14(12)24;1-27-15-9-14(10-16(12-15)28-2)13-7-8-17-19(11-13)22-23-21(17)18-5-3-4-6-20(18)24(25)26/h4-8,12-13H,1,9-11H2,2-3H3,(H,27,30)(H,28,29);3-6,10-11H,7-9H2,1-2H3,(H,24,25);3-6,10-11H,7-9,24H2,1-2H3,(H,25,26);3-6,9-10,12-13H,7-8,11H2,1-2H3,(H,22,23). The second-order valence-corrected chi connectivity index (χ2v) is 28.4. The lowest BCUT2D eigenvalue weighted by molar-refractivity contribution is -0.384. The number of para-hydroxylation sites is 4. The van der Waals surface area contributed by atoms with E-state index in [-0.39, 0.29) is 79.3 Å². The third kappa shape index (κ3) is 16.5. The molecule has 4 aliphatic carbocycles. The van der Waals surface area contributed by atoms with Crippen LogP contribution in [0.5, 0.6) is 46.0 Å². The van der Waals surface area contributed by atoms with Crippen LogP contribution in [0, 0.1) is 55.1 Å². The van der Waals surface area contributed by atoms with Crippen LogP contribution in [0.2, 0.25) is 0 Å². The van der Waals surface area contributed by atoms with Crippen LogP contribution in [0.1, 0.15) is 117 Å². The number of nitrogens with two attached hydrogens (primary N) is 1. The Morgan fingerprint density at radius 3 is 1.05 bits per heavy atom. The Kier molecular flexibility index (Phi) is 25.2. The number of nitrogen functional groups attached to an aromatic ring is 1. The molecule has 0 saturated carbocycles. The van der Waals surface area contributed by atoms with Crippen molar-refractivity contribution in [1.82, 2.24) is 40.8 Å². The maximum absolute atomic E-state index is 15.0. The third-order valence-corrected chi connectivity index (χ3v) is 22.0. The van der Waals surface area contributed by atoms with Crippen molar-refractivity contribution in [1.29, 1.82) is 0 Å². The molecule has 25 nitrogen and oxygen atoms in total. The number of amides is 1. The van der Waals surface area contributed by atoms with Gasteiger partial charge in [0.1, 0.15) is 22.9 Å². The van der Waals surface area contributed by atoms with Gasteiger partial charge < -0.3 is 48.9 Å². The van der Waals surface area contributed by atoms with E-state index in [9.17, 15) is 51.4 Å². The van der Waals surface area contributed by atoms with E-state index in [0.29, 0.717) is 109 Å². The molecule has 4 atom stereocenters. The highest BCUT2D eigenvalue weighted by Gasteiger charge is 2.38. The van der Waals surface area contributed by atoms with Crippen molar-refractivity contribution in [2.75, 3.05) is 67.9 Å². The van der Waals surface area contributed by atoms with Gasteiger partial charge in [-0.15, -0.1) is 0 Å². The van der Waals surface area contributed by atoms with Gasteiger partial charge in [0.15, 0.2) is 69.4 Å². The fraction of sp³-hybridized carbons (Fsp3) is 0.276. The maximum Gasteiger partial charge on any atom is 0.278 e. The van der Waals surface area contributed by atoms with Gasteiger partial charge in [0, 0.05) is 115 Å². The Balaban J connectivity index is 0.000000137. The van der Waals surface area contributed by atoms with Crippen LogP contribution < -0.4 is 48.9 Å². The zero-order valence-corrected chi connectivity index (χ0v) is 65.6. The Hall–Kier alpha value is -13.6. The molecule has 7 N–H and O–H groups in total. The molecule has 4 heterocycles.